The van der Waals surface area contributed by atoms with Crippen LogP contribution in [0.4, 0.5) is 10.1 Å². The van der Waals surface area contributed by atoms with E-state index >= 15 is 0 Å². The van der Waals surface area contributed by atoms with Gasteiger partial charge in [-0.1, -0.05) is 44.2 Å². The number of rotatable bonds is 7. The van der Waals surface area contributed by atoms with Crippen LogP contribution in [0.25, 0.3) is 10.9 Å². The van der Waals surface area contributed by atoms with Crippen LogP contribution in [0.15, 0.2) is 72.9 Å². The lowest BCUT2D eigenvalue weighted by atomic mass is 10.1. The first-order chi connectivity index (χ1) is 17.0. The largest absolute Gasteiger partial charge is 0.493 e. The fourth-order valence-electron chi connectivity index (χ4n) is 3.05. The van der Waals surface area contributed by atoms with Crippen LogP contribution in [0, 0.1) is 15.9 Å². The topological polar surface area (TPSA) is 110 Å². The highest BCUT2D eigenvalue weighted by atomic mass is 19.1. The van der Waals surface area contributed by atoms with Gasteiger partial charge in [0.2, 0.25) is 5.82 Å². The van der Waals surface area contributed by atoms with Gasteiger partial charge in [-0.05, 0) is 30.8 Å². The van der Waals surface area contributed by atoms with Crippen LogP contribution >= 0.6 is 0 Å². The molecule has 184 valence electrons. The van der Waals surface area contributed by atoms with Crippen molar-refractivity contribution in [1.29, 1.82) is 0 Å². The lowest BCUT2D eigenvalue weighted by Gasteiger charge is -2.14. The van der Waals surface area contributed by atoms with Gasteiger partial charge in [-0.25, -0.2) is 0 Å². The number of aromatic nitrogens is 1. The molecule has 4 aromatic rings. The maximum atomic E-state index is 13.9. The third-order valence-electron chi connectivity index (χ3n) is 4.57. The van der Waals surface area contributed by atoms with Crippen molar-refractivity contribution < 1.29 is 23.5 Å². The standard InChI is InChI=1S/C23H17FN2O5.C2H6.CH5N/c1-29-22-12-17-19(13-23(22)30-14-15-5-3-2-4-6-15)25-10-9-21(17)31-16-7-8-20(26(27)28)18(24)11-16;2*1-2/h2-13H,14H2,1H3;1-2H3;2H2,1H3. The number of nitrogens with zero attached hydrogens (tertiary/aromatic N) is 2. The maximum absolute atomic E-state index is 13.9. The minimum Gasteiger partial charge on any atom is -0.493 e. The summed E-state index contributed by atoms with van der Waals surface area (Å²) in [5.41, 5.74) is 5.48. The Morgan fingerprint density at radius 3 is 2.31 bits per heavy atom. The van der Waals surface area contributed by atoms with E-state index in [1.807, 2.05) is 44.2 Å². The summed E-state index contributed by atoms with van der Waals surface area (Å²) in [6.45, 7) is 4.36. The van der Waals surface area contributed by atoms with Crippen LogP contribution in [0.1, 0.15) is 19.4 Å². The Bertz CT molecular complexity index is 1250. The lowest BCUT2D eigenvalue weighted by Crippen LogP contribution is -1.98. The molecule has 0 amide bonds. The molecule has 2 N–H and O–H groups in total. The Labute approximate surface area is 203 Å². The average molecular weight is 482 g/mol. The van der Waals surface area contributed by atoms with Crippen LogP contribution in [0.3, 0.4) is 0 Å². The molecule has 0 aliphatic carbocycles. The van der Waals surface area contributed by atoms with E-state index in [2.05, 4.69) is 10.7 Å². The van der Waals surface area contributed by atoms with Crippen molar-refractivity contribution in [3.63, 3.8) is 0 Å². The molecule has 0 saturated carbocycles. The highest BCUT2D eigenvalue weighted by Crippen LogP contribution is 2.37. The number of methoxy groups -OCH3 is 1. The quantitative estimate of drug-likeness (QED) is 0.245. The molecule has 0 atom stereocenters. The van der Waals surface area contributed by atoms with E-state index in [0.717, 1.165) is 17.7 Å². The number of hydrogen-bond donors (Lipinski definition) is 1. The first-order valence-electron chi connectivity index (χ1n) is 10.9. The molecular formula is C26H28FN3O5. The molecule has 4 rings (SSSR count). The number of nitro groups is 1. The van der Waals surface area contributed by atoms with Crippen LogP contribution in [0.5, 0.6) is 23.0 Å². The molecule has 0 spiro atoms. The van der Waals surface area contributed by atoms with Crippen molar-refractivity contribution in [2.75, 3.05) is 14.2 Å². The molecule has 0 aliphatic rings. The second-order valence-electron chi connectivity index (χ2n) is 6.58. The SMILES string of the molecule is CC.CN.COc1cc2c(Oc3ccc([N+](=O)[O-])c(F)c3)ccnc2cc1OCc1ccccc1. The minimum absolute atomic E-state index is 0.124. The number of halogens is 1. The monoisotopic (exact) mass is 481 g/mol. The first-order valence-corrected chi connectivity index (χ1v) is 10.9. The summed E-state index contributed by atoms with van der Waals surface area (Å²) in [5.74, 6) is 0.543. The fraction of sp³-hybridized carbons (Fsp3) is 0.192. The molecule has 8 nitrogen and oxygen atoms in total. The van der Waals surface area contributed by atoms with Gasteiger partial charge in [0.25, 0.3) is 0 Å². The van der Waals surface area contributed by atoms with Gasteiger partial charge in [0, 0.05) is 29.8 Å². The molecule has 0 aliphatic heterocycles. The fourth-order valence-corrected chi connectivity index (χ4v) is 3.05. The predicted molar refractivity (Wildman–Crippen MR) is 134 cm³/mol. The highest BCUT2D eigenvalue weighted by Gasteiger charge is 2.16. The zero-order valence-electron chi connectivity index (χ0n) is 20.0. The van der Waals surface area contributed by atoms with Crippen molar-refractivity contribution in [3.05, 3.63) is 94.4 Å². The Morgan fingerprint density at radius 2 is 1.69 bits per heavy atom. The zero-order valence-corrected chi connectivity index (χ0v) is 20.0. The molecule has 0 bridgehead atoms. The Kier molecular flexibility index (Phi) is 10.4. The summed E-state index contributed by atoms with van der Waals surface area (Å²) in [6, 6.07) is 18.2. The van der Waals surface area contributed by atoms with Crippen LogP contribution in [-0.4, -0.2) is 24.1 Å². The summed E-state index contributed by atoms with van der Waals surface area (Å²) >= 11 is 0. The van der Waals surface area contributed by atoms with Crippen molar-refractivity contribution in [1.82, 2.24) is 4.98 Å². The van der Waals surface area contributed by atoms with Gasteiger partial charge < -0.3 is 19.9 Å². The van der Waals surface area contributed by atoms with E-state index in [9.17, 15) is 14.5 Å². The number of nitro benzene ring substituents is 1. The number of ether oxygens (including phenoxy) is 3. The van der Waals surface area contributed by atoms with Crippen molar-refractivity contribution >= 4 is 16.6 Å². The molecular weight excluding hydrogens is 453 g/mol. The van der Waals surface area contributed by atoms with E-state index in [1.165, 1.54) is 20.2 Å². The molecule has 0 radical (unpaired) electrons. The molecule has 9 heteroatoms. The van der Waals surface area contributed by atoms with Gasteiger partial charge in [0.05, 0.1) is 17.5 Å². The highest BCUT2D eigenvalue weighted by molar-refractivity contribution is 5.88. The molecule has 0 unspecified atom stereocenters. The molecule has 35 heavy (non-hydrogen) atoms. The third-order valence-corrected chi connectivity index (χ3v) is 4.57. The molecule has 0 fully saturated rings. The molecule has 3 aromatic carbocycles. The lowest BCUT2D eigenvalue weighted by molar-refractivity contribution is -0.387. The van der Waals surface area contributed by atoms with Gasteiger partial charge in [-0.15, -0.1) is 0 Å². The van der Waals surface area contributed by atoms with Crippen LogP contribution in [-0.2, 0) is 6.61 Å². The number of fused-ring (bicyclic) bond motifs is 1. The molecule has 0 saturated heterocycles. The number of nitrogens with two attached hydrogens (primary N) is 1. The summed E-state index contributed by atoms with van der Waals surface area (Å²) in [7, 11) is 3.03. The van der Waals surface area contributed by atoms with Crippen molar-refractivity contribution in [3.8, 4) is 23.0 Å². The summed E-state index contributed by atoms with van der Waals surface area (Å²) in [5, 5.41) is 11.4. The van der Waals surface area contributed by atoms with E-state index in [0.29, 0.717) is 34.8 Å². The molecule has 1 aromatic heterocycles. The van der Waals surface area contributed by atoms with Crippen LogP contribution < -0.4 is 19.9 Å². The summed E-state index contributed by atoms with van der Waals surface area (Å²) in [6.07, 6.45) is 1.55. The van der Waals surface area contributed by atoms with E-state index in [-0.39, 0.29) is 5.75 Å². The maximum Gasteiger partial charge on any atom is 0.305 e. The second kappa shape index (κ2) is 13.5. The van der Waals surface area contributed by atoms with Crippen molar-refractivity contribution in [2.45, 2.75) is 20.5 Å². The Balaban J connectivity index is 0.00000103. The predicted octanol–water partition coefficient (Wildman–Crippen LogP) is 6.26. The van der Waals surface area contributed by atoms with Crippen LogP contribution in [0.2, 0.25) is 0 Å². The van der Waals surface area contributed by atoms with Gasteiger partial charge in [-0.3, -0.25) is 15.1 Å². The van der Waals surface area contributed by atoms with E-state index in [1.54, 1.807) is 24.4 Å². The number of pyridine rings is 1. The van der Waals surface area contributed by atoms with E-state index < -0.39 is 16.4 Å². The van der Waals surface area contributed by atoms with Gasteiger partial charge in [0.15, 0.2) is 11.5 Å². The summed E-state index contributed by atoms with van der Waals surface area (Å²) < 4.78 is 31.1. The van der Waals surface area contributed by atoms with Gasteiger partial charge in [0.1, 0.15) is 18.1 Å². The normalized spacial score (nSPS) is 9.77. The average Bonchev–Trinajstić information content (AvgIpc) is 2.90. The number of benzene rings is 3. The Hall–Kier alpha value is -4.24. The van der Waals surface area contributed by atoms with Gasteiger partial charge in [-0.2, -0.15) is 4.39 Å². The van der Waals surface area contributed by atoms with Crippen molar-refractivity contribution in [2.24, 2.45) is 5.73 Å². The zero-order chi connectivity index (χ0) is 25.8. The smallest absolute Gasteiger partial charge is 0.305 e. The van der Waals surface area contributed by atoms with Gasteiger partial charge >= 0.3 is 5.69 Å². The first kappa shape index (κ1) is 27.0. The number of hydrogen-bond acceptors (Lipinski definition) is 7. The third kappa shape index (κ3) is 6.87. The second-order valence-corrected chi connectivity index (χ2v) is 6.58. The summed E-state index contributed by atoms with van der Waals surface area (Å²) in [4.78, 5) is 14.4. The van der Waals surface area contributed by atoms with E-state index in [4.69, 9.17) is 14.2 Å². The minimum atomic E-state index is -0.977. The molecule has 1 heterocycles. The Morgan fingerprint density at radius 1 is 0.971 bits per heavy atom.